The Kier molecular flexibility index (Phi) is 24.3. The van der Waals surface area contributed by atoms with Crippen LogP contribution in [-0.2, 0) is 12.8 Å². The van der Waals surface area contributed by atoms with Crippen LogP contribution in [0.15, 0.2) is 209 Å². The second kappa shape index (κ2) is 33.4. The minimum Gasteiger partial charge on any atom is -0.478 e. The number of halogens is 5. The van der Waals surface area contributed by atoms with E-state index in [9.17, 15) is 58.8 Å². The summed E-state index contributed by atoms with van der Waals surface area (Å²) < 4.78 is 21.4. The Labute approximate surface area is 621 Å². The van der Waals surface area contributed by atoms with Gasteiger partial charge in [0.1, 0.15) is 44.2 Å². The summed E-state index contributed by atoms with van der Waals surface area (Å²) in [5.74, 6) is -2.97. The SMILES string of the molecule is Cc1cc(C(=O)Nc2scc(-c3ccc(Cl)cc3)c2C(=O)O)c(C)o1.Cc1ccc(C(=O)Cc2scc(-c3ccc(Cl)cc3)c2C(=O)O)o1.O=C(Cc1scc(-c2ccc(Cl)cc2)c1C(=O)O)c1ccc(-c2ccc(Cl)cc2)o1.O=C(Nc1scc(-c2ccc(Cl)cc2)c1C(=O)O)c1ccco1. The number of furan rings is 4. The van der Waals surface area contributed by atoms with Gasteiger partial charge in [0.15, 0.2) is 17.3 Å². The van der Waals surface area contributed by atoms with Crippen LogP contribution in [0, 0.1) is 20.8 Å². The minimum atomic E-state index is -1.12. The van der Waals surface area contributed by atoms with Gasteiger partial charge in [-0.1, -0.05) is 107 Å². The van der Waals surface area contributed by atoms with E-state index < -0.39 is 35.7 Å². The van der Waals surface area contributed by atoms with Crippen LogP contribution in [0.1, 0.15) is 110 Å². The summed E-state index contributed by atoms with van der Waals surface area (Å²) >= 11 is 34.2. The van der Waals surface area contributed by atoms with Gasteiger partial charge in [-0.25, -0.2) is 19.2 Å². The van der Waals surface area contributed by atoms with Crippen molar-refractivity contribution in [2.75, 3.05) is 10.6 Å². The van der Waals surface area contributed by atoms with Crippen LogP contribution in [-0.4, -0.2) is 67.7 Å². The third-order valence-corrected chi connectivity index (χ3v) is 20.0. The number of benzene rings is 5. The number of aromatic carboxylic acids is 4. The van der Waals surface area contributed by atoms with Gasteiger partial charge >= 0.3 is 23.9 Å². The number of hydrogen-bond acceptors (Lipinski definition) is 16. The van der Waals surface area contributed by atoms with Crippen LogP contribution >= 0.6 is 103 Å². The molecule has 5 aromatic carbocycles. The van der Waals surface area contributed by atoms with E-state index in [0.717, 1.165) is 39.4 Å². The van der Waals surface area contributed by atoms with Gasteiger partial charge in [-0.2, -0.15) is 0 Å². The molecule has 6 N–H and O–H groups in total. The zero-order chi connectivity index (χ0) is 73.1. The Morgan fingerprint density at radius 2 is 0.745 bits per heavy atom. The van der Waals surface area contributed by atoms with Crippen molar-refractivity contribution in [3.8, 4) is 55.8 Å². The number of ketones is 2. The number of carboxylic acids is 4. The summed E-state index contributed by atoms with van der Waals surface area (Å²) in [6.07, 6.45) is 1.31. The lowest BCUT2D eigenvalue weighted by Crippen LogP contribution is -2.13. The normalized spacial score (nSPS) is 10.7. The number of hydrogen-bond donors (Lipinski definition) is 6. The largest absolute Gasteiger partial charge is 0.478 e. The molecule has 0 aliphatic heterocycles. The number of Topliss-reactive ketones (excluding diaryl/α,β-unsaturated/α-hetero) is 2. The zero-order valence-corrected chi connectivity index (χ0v) is 60.1. The highest BCUT2D eigenvalue weighted by Gasteiger charge is 2.28. The zero-order valence-electron chi connectivity index (χ0n) is 53.1. The maximum atomic E-state index is 12.8. The fourth-order valence-electron chi connectivity index (χ4n) is 10.1. The molecular weight excluding hydrogens is 1490 g/mol. The summed E-state index contributed by atoms with van der Waals surface area (Å²) in [5, 5.41) is 54.0. The smallest absolute Gasteiger partial charge is 0.339 e. The highest BCUT2D eigenvalue weighted by atomic mass is 35.5. The van der Waals surface area contributed by atoms with Crippen LogP contribution in [0.5, 0.6) is 0 Å². The standard InChI is InChI=1S/C23H14Cl2O4S.C18H14ClNO4S.C18H13ClO4S.C16H10ClNO4S/c24-15-5-1-13(2-6-15)17-12-30-21(22(17)23(27)28)11-18(26)20-10-9-19(29-20)14-3-7-16(25)8-4-14;1-9-7-13(10(2)24-9)16(21)20-17-15(18(22)23)14(8-25-17)11-3-5-12(19)6-4-11;1-10-2-7-15(23-10)14(20)8-16-17(18(21)22)13(9-24-16)11-3-5-12(19)6-4-11;17-10-5-3-9(4-6-10)11-8-23-15(13(11)16(20)21)18-14(19)12-2-1-7-22-12/h1-10,12H,11H2,(H,27,28);3-8H,1-2H3,(H,20,21)(H,22,23);2-7,9H,8H2,1H3,(H,21,22);1-8H,(H,18,19)(H,20,21). The van der Waals surface area contributed by atoms with Gasteiger partial charge < -0.3 is 48.7 Å². The maximum absolute atomic E-state index is 12.8. The van der Waals surface area contributed by atoms with E-state index in [1.165, 1.54) is 35.0 Å². The molecule has 102 heavy (non-hydrogen) atoms. The molecule has 0 atom stereocenters. The second-order valence-electron chi connectivity index (χ2n) is 21.8. The number of carbonyl (C=O) groups excluding carboxylic acids is 4. The molecule has 27 heteroatoms. The van der Waals surface area contributed by atoms with E-state index in [0.29, 0.717) is 96.9 Å². The van der Waals surface area contributed by atoms with E-state index in [1.54, 1.807) is 200 Å². The molecular formula is C75H51Cl5N2O16S4. The van der Waals surface area contributed by atoms with Crippen molar-refractivity contribution < 1.29 is 76.5 Å². The molecule has 18 nitrogen and oxygen atoms in total. The lowest BCUT2D eigenvalue weighted by atomic mass is 10.0. The number of amides is 2. The van der Waals surface area contributed by atoms with E-state index in [1.807, 2.05) is 0 Å². The molecule has 0 aliphatic carbocycles. The van der Waals surface area contributed by atoms with Gasteiger partial charge in [0.05, 0.1) is 23.0 Å². The molecule has 0 fully saturated rings. The van der Waals surface area contributed by atoms with Gasteiger partial charge in [0, 0.05) is 86.3 Å². The number of carboxylic acid groups (broad SMARTS) is 4. The molecule has 0 unspecified atom stereocenters. The minimum absolute atomic E-state index is 0.00710. The molecule has 0 radical (unpaired) electrons. The highest BCUT2D eigenvalue weighted by Crippen LogP contribution is 2.40. The van der Waals surface area contributed by atoms with E-state index in [2.05, 4.69) is 10.6 Å². The fraction of sp³-hybridized carbons (Fsp3) is 0.0667. The highest BCUT2D eigenvalue weighted by molar-refractivity contribution is 7.15. The first-order valence-corrected chi connectivity index (χ1v) is 35.3. The van der Waals surface area contributed by atoms with E-state index >= 15 is 0 Å². The molecule has 8 heterocycles. The average molecular weight is 1540 g/mol. The van der Waals surface area contributed by atoms with E-state index in [4.69, 9.17) is 75.7 Å². The Morgan fingerprint density at radius 1 is 0.382 bits per heavy atom. The lowest BCUT2D eigenvalue weighted by Gasteiger charge is -2.05. The topological polar surface area (TPSA) is 294 Å². The number of anilines is 2. The van der Waals surface area contributed by atoms with Crippen LogP contribution < -0.4 is 10.6 Å². The number of aryl methyl sites for hydroxylation is 3. The molecule has 8 aromatic heterocycles. The lowest BCUT2D eigenvalue weighted by molar-refractivity contribution is 0.0686. The van der Waals surface area contributed by atoms with Crippen molar-refractivity contribution in [3.05, 3.63) is 289 Å². The van der Waals surface area contributed by atoms with Crippen LogP contribution in [0.3, 0.4) is 0 Å². The van der Waals surface area contributed by atoms with Gasteiger partial charge in [0.25, 0.3) is 11.8 Å². The number of carbonyl (C=O) groups is 8. The van der Waals surface area contributed by atoms with Crippen LogP contribution in [0.4, 0.5) is 10.0 Å². The molecule has 516 valence electrons. The molecule has 0 saturated heterocycles. The number of thiophene rings is 4. The fourth-order valence-corrected chi connectivity index (χ4v) is 14.8. The predicted octanol–water partition coefficient (Wildman–Crippen LogP) is 22.0. The van der Waals surface area contributed by atoms with Crippen molar-refractivity contribution in [2.24, 2.45) is 0 Å². The molecule has 13 aromatic rings. The molecule has 0 bridgehead atoms. The second-order valence-corrected chi connectivity index (χ2v) is 27.7. The predicted molar refractivity (Wildman–Crippen MR) is 398 cm³/mol. The third kappa shape index (κ3) is 18.2. The van der Waals surface area contributed by atoms with Crippen molar-refractivity contribution in [1.29, 1.82) is 0 Å². The summed E-state index contributed by atoms with van der Waals surface area (Å²) in [6.45, 7) is 5.19. The number of nitrogens with one attached hydrogen (secondary N) is 2. The summed E-state index contributed by atoms with van der Waals surface area (Å²) in [7, 11) is 0. The first-order valence-electron chi connectivity index (χ1n) is 29.9. The van der Waals surface area contributed by atoms with Crippen LogP contribution in [0.25, 0.3) is 55.8 Å². The molecule has 0 saturated carbocycles. The maximum Gasteiger partial charge on any atom is 0.339 e. The Hall–Kier alpha value is -10.4. The van der Waals surface area contributed by atoms with Crippen LogP contribution in [0.2, 0.25) is 25.1 Å². The van der Waals surface area contributed by atoms with Crippen molar-refractivity contribution in [2.45, 2.75) is 33.6 Å². The van der Waals surface area contributed by atoms with Gasteiger partial charge in [-0.3, -0.25) is 19.2 Å². The Morgan fingerprint density at radius 3 is 1.10 bits per heavy atom. The van der Waals surface area contributed by atoms with Crippen molar-refractivity contribution in [3.63, 3.8) is 0 Å². The molecule has 13 rings (SSSR count). The molecule has 0 aliphatic rings. The average Bonchev–Trinajstić information content (AvgIpc) is 1.66. The van der Waals surface area contributed by atoms with Gasteiger partial charge in [-0.05, 0) is 169 Å². The monoisotopic (exact) mass is 1540 g/mol. The first kappa shape index (κ1) is 74.3. The van der Waals surface area contributed by atoms with Crippen molar-refractivity contribution >= 4 is 161 Å². The molecule has 2 amide bonds. The number of rotatable bonds is 19. The Bertz CT molecular complexity index is 5230. The summed E-state index contributed by atoms with van der Waals surface area (Å²) in [4.78, 5) is 97.5. The Balaban J connectivity index is 0.000000147. The first-order chi connectivity index (χ1) is 48.8. The van der Waals surface area contributed by atoms with Crippen molar-refractivity contribution in [1.82, 2.24) is 0 Å². The quantitative estimate of drug-likeness (QED) is 0.0410. The summed E-state index contributed by atoms with van der Waals surface area (Å²) in [5.41, 5.74) is 6.66. The third-order valence-electron chi connectivity index (χ3n) is 14.9. The summed E-state index contributed by atoms with van der Waals surface area (Å²) in [6, 6.07) is 46.0. The van der Waals surface area contributed by atoms with E-state index in [-0.39, 0.29) is 73.9 Å². The van der Waals surface area contributed by atoms with Gasteiger partial charge in [-0.15, -0.1) is 45.3 Å². The molecule has 0 spiro atoms. The van der Waals surface area contributed by atoms with Gasteiger partial charge in [0.2, 0.25) is 11.6 Å².